The van der Waals surface area contributed by atoms with Crippen molar-refractivity contribution in [1.82, 2.24) is 4.90 Å². The highest BCUT2D eigenvalue weighted by molar-refractivity contribution is 6.33. The number of nitro groups is 1. The lowest BCUT2D eigenvalue weighted by Gasteiger charge is -2.26. The van der Waals surface area contributed by atoms with Crippen LogP contribution in [0.4, 0.5) is 11.4 Å². The standard InChI is InChI=1S/C13H18ClN3O3/c14-11-3-1-4-12(13(11)17(18)19)15-5-2-6-16-7-9-20-10-8-16/h1,3-4,15H,2,5-10H2. The predicted octanol–water partition coefficient (Wildman–Crippen LogP) is 2.38. The zero-order chi connectivity index (χ0) is 14.4. The molecule has 1 fully saturated rings. The van der Waals surface area contributed by atoms with Gasteiger partial charge in [0.05, 0.1) is 18.1 Å². The Labute approximate surface area is 122 Å². The van der Waals surface area contributed by atoms with E-state index in [1.165, 1.54) is 6.07 Å². The Hall–Kier alpha value is -1.37. The first-order valence-electron chi connectivity index (χ1n) is 6.65. The summed E-state index contributed by atoms with van der Waals surface area (Å²) in [4.78, 5) is 12.9. The number of anilines is 1. The molecule has 7 heteroatoms. The Bertz CT molecular complexity index is 464. The summed E-state index contributed by atoms with van der Waals surface area (Å²) in [5, 5.41) is 14.2. The molecule has 2 rings (SSSR count). The molecule has 0 atom stereocenters. The van der Waals surface area contributed by atoms with Crippen LogP contribution in [0.2, 0.25) is 5.02 Å². The zero-order valence-corrected chi connectivity index (χ0v) is 11.9. The Morgan fingerprint density at radius 3 is 2.85 bits per heavy atom. The molecule has 1 aromatic carbocycles. The molecule has 1 aliphatic rings. The van der Waals surface area contributed by atoms with Crippen molar-refractivity contribution in [2.75, 3.05) is 44.7 Å². The lowest BCUT2D eigenvalue weighted by Crippen LogP contribution is -2.37. The molecule has 0 bridgehead atoms. The second-order valence-electron chi connectivity index (χ2n) is 4.63. The average Bonchev–Trinajstić information content (AvgIpc) is 2.44. The normalized spacial score (nSPS) is 16.1. The summed E-state index contributed by atoms with van der Waals surface area (Å²) in [5.41, 5.74) is 0.421. The summed E-state index contributed by atoms with van der Waals surface area (Å²) >= 11 is 5.86. The fourth-order valence-corrected chi connectivity index (χ4v) is 2.44. The van der Waals surface area contributed by atoms with Crippen molar-refractivity contribution in [3.05, 3.63) is 33.3 Å². The van der Waals surface area contributed by atoms with Crippen LogP contribution in [0.25, 0.3) is 0 Å². The average molecular weight is 300 g/mol. The van der Waals surface area contributed by atoms with Crippen LogP contribution in [0.5, 0.6) is 0 Å². The van der Waals surface area contributed by atoms with E-state index >= 15 is 0 Å². The van der Waals surface area contributed by atoms with Crippen LogP contribution in [-0.2, 0) is 4.74 Å². The SMILES string of the molecule is O=[N+]([O-])c1c(Cl)cccc1NCCCN1CCOCC1. The zero-order valence-electron chi connectivity index (χ0n) is 11.2. The number of nitro benzene ring substituents is 1. The molecule has 0 saturated carbocycles. The number of ether oxygens (including phenoxy) is 1. The van der Waals surface area contributed by atoms with Gasteiger partial charge in [0.2, 0.25) is 0 Å². The van der Waals surface area contributed by atoms with E-state index in [-0.39, 0.29) is 10.7 Å². The first-order valence-corrected chi connectivity index (χ1v) is 7.03. The number of hydrogen-bond acceptors (Lipinski definition) is 5. The molecule has 1 aromatic rings. The highest BCUT2D eigenvalue weighted by atomic mass is 35.5. The minimum absolute atomic E-state index is 0.0551. The van der Waals surface area contributed by atoms with Crippen molar-refractivity contribution in [3.63, 3.8) is 0 Å². The lowest BCUT2D eigenvalue weighted by atomic mass is 10.2. The van der Waals surface area contributed by atoms with E-state index in [4.69, 9.17) is 16.3 Å². The molecule has 0 aromatic heterocycles. The molecule has 0 amide bonds. The summed E-state index contributed by atoms with van der Waals surface area (Å²) in [5.74, 6) is 0. The molecular formula is C13H18ClN3O3. The van der Waals surface area contributed by atoms with Gasteiger partial charge in [-0.1, -0.05) is 17.7 Å². The molecule has 110 valence electrons. The van der Waals surface area contributed by atoms with Crippen molar-refractivity contribution in [1.29, 1.82) is 0 Å². The van der Waals surface area contributed by atoms with Crippen LogP contribution in [0.1, 0.15) is 6.42 Å². The Morgan fingerprint density at radius 1 is 1.40 bits per heavy atom. The molecule has 1 saturated heterocycles. The van der Waals surface area contributed by atoms with Crippen LogP contribution >= 0.6 is 11.6 Å². The van der Waals surface area contributed by atoms with E-state index in [2.05, 4.69) is 10.2 Å². The number of nitrogens with one attached hydrogen (secondary N) is 1. The number of para-hydroxylation sites is 1. The third-order valence-corrected chi connectivity index (χ3v) is 3.54. The molecule has 6 nitrogen and oxygen atoms in total. The molecule has 0 spiro atoms. The van der Waals surface area contributed by atoms with Crippen LogP contribution in [0, 0.1) is 10.1 Å². The quantitative estimate of drug-likeness (QED) is 0.496. The van der Waals surface area contributed by atoms with Crippen molar-refractivity contribution in [2.45, 2.75) is 6.42 Å². The molecule has 0 aliphatic carbocycles. The second kappa shape index (κ2) is 7.42. The minimum atomic E-state index is -0.452. The maximum Gasteiger partial charge on any atom is 0.310 e. The van der Waals surface area contributed by atoms with E-state index in [1.54, 1.807) is 12.1 Å². The van der Waals surface area contributed by atoms with Crippen LogP contribution in [-0.4, -0.2) is 49.2 Å². The van der Waals surface area contributed by atoms with Gasteiger partial charge in [-0.25, -0.2) is 0 Å². The van der Waals surface area contributed by atoms with Gasteiger partial charge in [0.25, 0.3) is 0 Å². The van der Waals surface area contributed by atoms with Crippen molar-refractivity contribution in [3.8, 4) is 0 Å². The third kappa shape index (κ3) is 4.06. The fraction of sp³-hybridized carbons (Fsp3) is 0.538. The smallest absolute Gasteiger partial charge is 0.310 e. The number of benzene rings is 1. The lowest BCUT2D eigenvalue weighted by molar-refractivity contribution is -0.383. The molecule has 1 aliphatic heterocycles. The molecule has 1 heterocycles. The van der Waals surface area contributed by atoms with Crippen LogP contribution < -0.4 is 5.32 Å². The van der Waals surface area contributed by atoms with Gasteiger partial charge < -0.3 is 10.1 Å². The molecular weight excluding hydrogens is 282 g/mol. The van der Waals surface area contributed by atoms with Gasteiger partial charge in [-0.3, -0.25) is 15.0 Å². The third-order valence-electron chi connectivity index (χ3n) is 3.24. The highest BCUT2D eigenvalue weighted by Crippen LogP contribution is 2.32. The van der Waals surface area contributed by atoms with Gasteiger partial charge in [-0.15, -0.1) is 0 Å². The van der Waals surface area contributed by atoms with E-state index in [0.29, 0.717) is 12.2 Å². The minimum Gasteiger partial charge on any atom is -0.379 e. The van der Waals surface area contributed by atoms with Gasteiger partial charge in [-0.05, 0) is 25.1 Å². The summed E-state index contributed by atoms with van der Waals surface area (Å²) in [6.07, 6.45) is 0.920. The van der Waals surface area contributed by atoms with Crippen molar-refractivity contribution in [2.24, 2.45) is 0 Å². The van der Waals surface area contributed by atoms with Gasteiger partial charge in [0.15, 0.2) is 0 Å². The second-order valence-corrected chi connectivity index (χ2v) is 5.03. The summed E-state index contributed by atoms with van der Waals surface area (Å²) < 4.78 is 5.28. The summed E-state index contributed by atoms with van der Waals surface area (Å²) in [6, 6.07) is 4.91. The maximum absolute atomic E-state index is 11.0. The number of morpholine rings is 1. The predicted molar refractivity (Wildman–Crippen MR) is 78.5 cm³/mol. The van der Waals surface area contributed by atoms with Gasteiger partial charge in [0.1, 0.15) is 10.7 Å². The summed E-state index contributed by atoms with van der Waals surface area (Å²) in [7, 11) is 0. The van der Waals surface area contributed by atoms with Gasteiger partial charge >= 0.3 is 5.69 Å². The highest BCUT2D eigenvalue weighted by Gasteiger charge is 2.17. The van der Waals surface area contributed by atoms with Gasteiger partial charge in [0, 0.05) is 19.6 Å². The molecule has 20 heavy (non-hydrogen) atoms. The Kier molecular flexibility index (Phi) is 5.58. The maximum atomic E-state index is 11.0. The van der Waals surface area contributed by atoms with Gasteiger partial charge in [-0.2, -0.15) is 0 Å². The monoisotopic (exact) mass is 299 g/mol. The Morgan fingerprint density at radius 2 is 2.15 bits per heavy atom. The fourth-order valence-electron chi connectivity index (χ4n) is 2.19. The first kappa shape index (κ1) is 15.0. The van der Waals surface area contributed by atoms with Crippen molar-refractivity contribution < 1.29 is 9.66 Å². The van der Waals surface area contributed by atoms with Crippen molar-refractivity contribution >= 4 is 23.0 Å². The van der Waals surface area contributed by atoms with E-state index in [9.17, 15) is 10.1 Å². The van der Waals surface area contributed by atoms with E-state index in [1.807, 2.05) is 0 Å². The van der Waals surface area contributed by atoms with E-state index in [0.717, 1.165) is 39.3 Å². The molecule has 0 unspecified atom stereocenters. The van der Waals surface area contributed by atoms with Crippen LogP contribution in [0.15, 0.2) is 18.2 Å². The number of nitrogens with zero attached hydrogens (tertiary/aromatic N) is 2. The summed E-state index contributed by atoms with van der Waals surface area (Å²) in [6.45, 7) is 5.12. The molecule has 0 radical (unpaired) electrons. The van der Waals surface area contributed by atoms with Crippen LogP contribution in [0.3, 0.4) is 0 Å². The Balaban J connectivity index is 1.82. The molecule has 1 N–H and O–H groups in total. The number of hydrogen-bond donors (Lipinski definition) is 1. The van der Waals surface area contributed by atoms with E-state index < -0.39 is 4.92 Å². The number of halogens is 1. The number of rotatable bonds is 6. The topological polar surface area (TPSA) is 67.6 Å². The largest absolute Gasteiger partial charge is 0.379 e. The first-order chi connectivity index (χ1) is 9.68.